The van der Waals surface area contributed by atoms with Crippen LogP contribution in [0.15, 0.2) is 36.7 Å². The minimum Gasteiger partial charge on any atom is -0.330 e. The maximum absolute atomic E-state index is 6.11. The zero-order chi connectivity index (χ0) is 12.6. The minimum absolute atomic E-state index is 0.111. The number of rotatable bonds is 3. The second-order valence-electron chi connectivity index (χ2n) is 5.34. The van der Waals surface area contributed by atoms with Gasteiger partial charge >= 0.3 is 0 Å². The molecule has 1 aliphatic carbocycles. The van der Waals surface area contributed by atoms with Crippen LogP contribution in [0.5, 0.6) is 0 Å². The summed E-state index contributed by atoms with van der Waals surface area (Å²) in [7, 11) is 1.96. The van der Waals surface area contributed by atoms with Crippen LogP contribution in [0.25, 0.3) is 0 Å². The van der Waals surface area contributed by atoms with Crippen LogP contribution < -0.4 is 5.73 Å². The van der Waals surface area contributed by atoms with Crippen LogP contribution in [0.1, 0.15) is 23.1 Å². The Morgan fingerprint density at radius 3 is 2.94 bits per heavy atom. The topological polar surface area (TPSA) is 43.8 Å². The third-order valence-electron chi connectivity index (χ3n) is 4.15. The number of nitrogens with two attached hydrogens (primary N) is 1. The molecular formula is C15H19N3. The molecule has 1 unspecified atom stereocenters. The smallest absolute Gasteiger partial charge is 0.0521 e. The number of aromatic nitrogens is 2. The zero-order valence-corrected chi connectivity index (χ0v) is 10.8. The Balaban J connectivity index is 1.97. The van der Waals surface area contributed by atoms with Crippen LogP contribution in [0.3, 0.4) is 0 Å². The highest BCUT2D eigenvalue weighted by Crippen LogP contribution is 2.40. The molecule has 3 heteroatoms. The minimum atomic E-state index is 0.111. The maximum atomic E-state index is 6.11. The summed E-state index contributed by atoms with van der Waals surface area (Å²) in [6.45, 7) is 0.707. The van der Waals surface area contributed by atoms with E-state index in [0.717, 1.165) is 19.3 Å². The molecule has 18 heavy (non-hydrogen) atoms. The van der Waals surface area contributed by atoms with E-state index >= 15 is 0 Å². The summed E-state index contributed by atoms with van der Waals surface area (Å²) >= 11 is 0. The first-order valence-corrected chi connectivity index (χ1v) is 6.49. The third-order valence-corrected chi connectivity index (χ3v) is 4.15. The van der Waals surface area contributed by atoms with E-state index < -0.39 is 0 Å². The average molecular weight is 241 g/mol. The van der Waals surface area contributed by atoms with Gasteiger partial charge in [-0.25, -0.2) is 0 Å². The van der Waals surface area contributed by atoms with Crippen LogP contribution in [-0.2, 0) is 25.3 Å². The molecule has 3 nitrogen and oxygen atoms in total. The summed E-state index contributed by atoms with van der Waals surface area (Å²) in [6, 6.07) is 8.72. The first-order chi connectivity index (χ1) is 8.73. The van der Waals surface area contributed by atoms with Crippen molar-refractivity contribution in [3.05, 3.63) is 53.3 Å². The lowest BCUT2D eigenvalue weighted by molar-refractivity contribution is 0.431. The molecule has 1 aliphatic rings. The first-order valence-electron chi connectivity index (χ1n) is 6.49. The fraction of sp³-hybridized carbons (Fsp3) is 0.400. The van der Waals surface area contributed by atoms with Crippen molar-refractivity contribution in [2.24, 2.45) is 12.8 Å². The van der Waals surface area contributed by atoms with Gasteiger partial charge in [0, 0.05) is 25.2 Å². The summed E-state index contributed by atoms with van der Waals surface area (Å²) in [5, 5.41) is 4.26. The molecule has 0 spiro atoms. The van der Waals surface area contributed by atoms with Gasteiger partial charge in [-0.3, -0.25) is 4.68 Å². The Morgan fingerprint density at radius 1 is 1.39 bits per heavy atom. The molecule has 1 aromatic heterocycles. The fourth-order valence-electron chi connectivity index (χ4n) is 3.19. The largest absolute Gasteiger partial charge is 0.330 e. The van der Waals surface area contributed by atoms with Gasteiger partial charge in [0.15, 0.2) is 0 Å². The van der Waals surface area contributed by atoms with Crippen molar-refractivity contribution in [2.75, 3.05) is 6.54 Å². The molecule has 0 aliphatic heterocycles. The van der Waals surface area contributed by atoms with Crippen LogP contribution in [0.4, 0.5) is 0 Å². The molecule has 1 heterocycles. The van der Waals surface area contributed by atoms with Gasteiger partial charge in [0.2, 0.25) is 0 Å². The Bertz CT molecular complexity index is 558. The fourth-order valence-corrected chi connectivity index (χ4v) is 3.19. The average Bonchev–Trinajstić information content (AvgIpc) is 2.96. The molecule has 94 valence electrons. The van der Waals surface area contributed by atoms with Crippen LogP contribution in [0.2, 0.25) is 0 Å². The van der Waals surface area contributed by atoms with Gasteiger partial charge in [-0.05, 0) is 36.0 Å². The van der Waals surface area contributed by atoms with E-state index in [9.17, 15) is 0 Å². The van der Waals surface area contributed by atoms with Crippen molar-refractivity contribution in [3.63, 3.8) is 0 Å². The highest BCUT2D eigenvalue weighted by Gasteiger charge is 2.37. The molecule has 0 saturated carbocycles. The van der Waals surface area contributed by atoms with Crippen molar-refractivity contribution in [1.29, 1.82) is 0 Å². The number of benzene rings is 1. The van der Waals surface area contributed by atoms with Crippen molar-refractivity contribution in [3.8, 4) is 0 Å². The summed E-state index contributed by atoms with van der Waals surface area (Å²) in [4.78, 5) is 0. The molecule has 0 fully saturated rings. The van der Waals surface area contributed by atoms with E-state index in [4.69, 9.17) is 5.73 Å². The first kappa shape index (κ1) is 11.5. The van der Waals surface area contributed by atoms with Crippen molar-refractivity contribution < 1.29 is 0 Å². The summed E-state index contributed by atoms with van der Waals surface area (Å²) in [5.41, 5.74) is 10.4. The molecule has 1 aromatic carbocycles. The van der Waals surface area contributed by atoms with E-state index in [2.05, 4.69) is 35.6 Å². The van der Waals surface area contributed by atoms with Crippen molar-refractivity contribution in [2.45, 2.75) is 24.7 Å². The second-order valence-corrected chi connectivity index (χ2v) is 5.34. The van der Waals surface area contributed by atoms with Crippen molar-refractivity contribution in [1.82, 2.24) is 9.78 Å². The zero-order valence-electron chi connectivity index (χ0n) is 10.8. The van der Waals surface area contributed by atoms with Gasteiger partial charge in [-0.15, -0.1) is 0 Å². The highest BCUT2D eigenvalue weighted by atomic mass is 15.2. The lowest BCUT2D eigenvalue weighted by Crippen LogP contribution is -2.35. The summed E-state index contributed by atoms with van der Waals surface area (Å²) in [6.07, 6.45) is 7.34. The number of fused-ring (bicyclic) bond motifs is 1. The van der Waals surface area contributed by atoms with Gasteiger partial charge in [0.1, 0.15) is 0 Å². The highest BCUT2D eigenvalue weighted by molar-refractivity contribution is 5.41. The molecule has 1 atom stereocenters. The number of nitrogens with zero attached hydrogens (tertiary/aromatic N) is 2. The van der Waals surface area contributed by atoms with Gasteiger partial charge in [0.25, 0.3) is 0 Å². The lowest BCUT2D eigenvalue weighted by atomic mass is 9.77. The van der Waals surface area contributed by atoms with E-state index in [1.54, 1.807) is 0 Å². The molecule has 0 bridgehead atoms. The van der Waals surface area contributed by atoms with E-state index in [0.29, 0.717) is 6.54 Å². The second kappa shape index (κ2) is 4.25. The Labute approximate surface area is 108 Å². The molecule has 2 N–H and O–H groups in total. The van der Waals surface area contributed by atoms with Crippen molar-refractivity contribution >= 4 is 0 Å². The van der Waals surface area contributed by atoms with Crippen LogP contribution in [0, 0.1) is 0 Å². The maximum Gasteiger partial charge on any atom is 0.0521 e. The van der Waals surface area contributed by atoms with Gasteiger partial charge in [-0.1, -0.05) is 24.3 Å². The van der Waals surface area contributed by atoms with Gasteiger partial charge in [0.05, 0.1) is 6.20 Å². The molecule has 0 amide bonds. The standard InChI is InChI=1S/C15H19N3/c1-18-10-12(9-17-18)8-15(11-16)7-6-13-4-2-3-5-14(13)15/h2-5,9-10H,6-8,11,16H2,1H3. The third kappa shape index (κ3) is 1.75. The number of hydrogen-bond donors (Lipinski definition) is 1. The predicted molar refractivity (Wildman–Crippen MR) is 72.4 cm³/mol. The molecule has 3 rings (SSSR count). The summed E-state index contributed by atoms with van der Waals surface area (Å²) in [5.74, 6) is 0. The Kier molecular flexibility index (Phi) is 2.71. The van der Waals surface area contributed by atoms with E-state index in [-0.39, 0.29) is 5.41 Å². The van der Waals surface area contributed by atoms with Crippen LogP contribution >= 0.6 is 0 Å². The van der Waals surface area contributed by atoms with Crippen LogP contribution in [-0.4, -0.2) is 16.3 Å². The predicted octanol–water partition coefficient (Wildman–Crippen LogP) is 1.81. The SMILES string of the molecule is Cn1cc(CC2(CN)CCc3ccccc32)cn1. The number of hydrogen-bond acceptors (Lipinski definition) is 2. The quantitative estimate of drug-likeness (QED) is 0.890. The van der Waals surface area contributed by atoms with Gasteiger partial charge < -0.3 is 5.73 Å². The Morgan fingerprint density at radius 2 is 2.22 bits per heavy atom. The normalized spacial score (nSPS) is 22.1. The lowest BCUT2D eigenvalue weighted by Gasteiger charge is -2.28. The number of aryl methyl sites for hydroxylation is 2. The van der Waals surface area contributed by atoms with E-state index in [1.165, 1.54) is 16.7 Å². The molecule has 0 radical (unpaired) electrons. The van der Waals surface area contributed by atoms with E-state index in [1.807, 2.05) is 17.9 Å². The van der Waals surface area contributed by atoms with Gasteiger partial charge in [-0.2, -0.15) is 5.10 Å². The Hall–Kier alpha value is -1.61. The molecule has 2 aromatic rings. The summed E-state index contributed by atoms with van der Waals surface area (Å²) < 4.78 is 1.86. The molecule has 0 saturated heterocycles. The molecular weight excluding hydrogens is 222 g/mol. The monoisotopic (exact) mass is 241 g/mol.